The molecular weight excluding hydrogens is 205 g/mol. The second-order valence-corrected chi connectivity index (χ2v) is 3.52. The second-order valence-electron chi connectivity index (χ2n) is 3.52. The van der Waals surface area contributed by atoms with E-state index in [4.69, 9.17) is 0 Å². The molecule has 82 valence electrons. The summed E-state index contributed by atoms with van der Waals surface area (Å²) < 4.78 is 35.9. The molecule has 0 unspecified atom stereocenters. The molecule has 0 N–H and O–H groups in total. The third-order valence-corrected chi connectivity index (χ3v) is 2.25. The fourth-order valence-electron chi connectivity index (χ4n) is 1.20. The Morgan fingerprint density at radius 1 is 1.20 bits per heavy atom. The van der Waals surface area contributed by atoms with Crippen molar-refractivity contribution in [3.05, 3.63) is 34.9 Å². The van der Waals surface area contributed by atoms with E-state index in [0.29, 0.717) is 5.56 Å². The van der Waals surface area contributed by atoms with Crippen LogP contribution >= 0.6 is 0 Å². The predicted octanol–water partition coefficient (Wildman–Crippen LogP) is 2.98. The van der Waals surface area contributed by atoms with E-state index in [1.807, 2.05) is 6.92 Å². The number of halogens is 3. The molecule has 0 heterocycles. The van der Waals surface area contributed by atoms with E-state index in [9.17, 15) is 18.0 Å². The quantitative estimate of drug-likeness (QED) is 0.742. The third-order valence-electron chi connectivity index (χ3n) is 2.25. The summed E-state index contributed by atoms with van der Waals surface area (Å²) >= 11 is 0. The van der Waals surface area contributed by atoms with Crippen LogP contribution in [0.15, 0.2) is 18.2 Å². The van der Waals surface area contributed by atoms with E-state index in [-0.39, 0.29) is 0 Å². The topological polar surface area (TPSA) is 17.1 Å². The summed E-state index contributed by atoms with van der Waals surface area (Å²) in [6, 6.07) is 4.87. The zero-order valence-electron chi connectivity index (χ0n) is 8.48. The summed E-state index contributed by atoms with van der Waals surface area (Å²) in [5.74, 6) is -1.70. The van der Waals surface area contributed by atoms with Gasteiger partial charge < -0.3 is 0 Å². The SMILES string of the molecule is Cc1ccc(CC(=O)C(F)(F)F)cc1C. The number of Topliss-reactive ketones (excluding diaryl/α,β-unsaturated/α-hetero) is 1. The van der Waals surface area contributed by atoms with Gasteiger partial charge in [0, 0.05) is 6.42 Å². The van der Waals surface area contributed by atoms with Gasteiger partial charge in [-0.2, -0.15) is 13.2 Å². The van der Waals surface area contributed by atoms with Gasteiger partial charge in [-0.05, 0) is 30.5 Å². The number of carbonyl (C=O) groups is 1. The predicted molar refractivity (Wildman–Crippen MR) is 50.7 cm³/mol. The largest absolute Gasteiger partial charge is 0.450 e. The third kappa shape index (κ3) is 3.08. The molecule has 1 aromatic rings. The smallest absolute Gasteiger partial charge is 0.289 e. The minimum Gasteiger partial charge on any atom is -0.289 e. The Bertz CT molecular complexity index is 380. The fourth-order valence-corrected chi connectivity index (χ4v) is 1.20. The van der Waals surface area contributed by atoms with E-state index < -0.39 is 18.4 Å². The van der Waals surface area contributed by atoms with Gasteiger partial charge >= 0.3 is 6.18 Å². The van der Waals surface area contributed by atoms with Gasteiger partial charge in [0.1, 0.15) is 0 Å². The molecule has 0 spiro atoms. The highest BCUT2D eigenvalue weighted by molar-refractivity contribution is 5.86. The first-order chi connectivity index (χ1) is 6.80. The molecule has 0 bridgehead atoms. The van der Waals surface area contributed by atoms with Crippen molar-refractivity contribution in [3.8, 4) is 0 Å². The van der Waals surface area contributed by atoms with Crippen molar-refractivity contribution in [2.24, 2.45) is 0 Å². The number of carbonyl (C=O) groups excluding carboxylic acids is 1. The van der Waals surface area contributed by atoms with Crippen LogP contribution in [0.5, 0.6) is 0 Å². The highest BCUT2D eigenvalue weighted by Crippen LogP contribution is 2.19. The van der Waals surface area contributed by atoms with Crippen molar-refractivity contribution >= 4 is 5.78 Å². The Kier molecular flexibility index (Phi) is 3.17. The Balaban J connectivity index is 2.83. The number of hydrogen-bond acceptors (Lipinski definition) is 1. The molecule has 0 aliphatic carbocycles. The molecule has 0 aliphatic heterocycles. The van der Waals surface area contributed by atoms with Gasteiger partial charge in [-0.3, -0.25) is 4.79 Å². The molecule has 0 aromatic heterocycles. The van der Waals surface area contributed by atoms with Crippen LogP contribution in [0.25, 0.3) is 0 Å². The van der Waals surface area contributed by atoms with E-state index >= 15 is 0 Å². The highest BCUT2D eigenvalue weighted by Gasteiger charge is 2.37. The van der Waals surface area contributed by atoms with Crippen LogP contribution in [0.1, 0.15) is 16.7 Å². The van der Waals surface area contributed by atoms with Gasteiger partial charge in [0.15, 0.2) is 0 Å². The molecule has 1 rings (SSSR count). The molecule has 0 radical (unpaired) electrons. The lowest BCUT2D eigenvalue weighted by atomic mass is 10.0. The number of alkyl halides is 3. The maximum absolute atomic E-state index is 12.0. The standard InChI is InChI=1S/C11H11F3O/c1-7-3-4-9(5-8(7)2)6-10(15)11(12,13)14/h3-5H,6H2,1-2H3. The molecule has 0 amide bonds. The molecule has 4 heteroatoms. The monoisotopic (exact) mass is 216 g/mol. The first kappa shape index (κ1) is 11.8. The molecule has 0 saturated carbocycles. The fraction of sp³-hybridized carbons (Fsp3) is 0.364. The summed E-state index contributed by atoms with van der Waals surface area (Å²) in [6.45, 7) is 3.67. The van der Waals surface area contributed by atoms with Crippen LogP contribution in [0.3, 0.4) is 0 Å². The molecule has 15 heavy (non-hydrogen) atoms. The zero-order valence-corrected chi connectivity index (χ0v) is 8.48. The lowest BCUT2D eigenvalue weighted by Crippen LogP contribution is -2.24. The molecule has 0 aliphatic rings. The number of aryl methyl sites for hydroxylation is 2. The summed E-state index contributed by atoms with van der Waals surface area (Å²) in [7, 11) is 0. The molecule has 0 fully saturated rings. The van der Waals surface area contributed by atoms with Gasteiger partial charge in [-0.1, -0.05) is 18.2 Å². The lowest BCUT2D eigenvalue weighted by Gasteiger charge is -2.06. The molecular formula is C11H11F3O. The molecule has 0 atom stereocenters. The maximum Gasteiger partial charge on any atom is 0.450 e. The van der Waals surface area contributed by atoms with E-state index in [1.54, 1.807) is 25.1 Å². The normalized spacial score (nSPS) is 11.5. The zero-order chi connectivity index (χ0) is 11.6. The summed E-state index contributed by atoms with van der Waals surface area (Å²) in [6.07, 6.45) is -5.32. The Hall–Kier alpha value is -1.32. The number of hydrogen-bond donors (Lipinski definition) is 0. The lowest BCUT2D eigenvalue weighted by molar-refractivity contribution is -0.170. The van der Waals surface area contributed by atoms with Gasteiger partial charge in [-0.15, -0.1) is 0 Å². The molecule has 1 aromatic carbocycles. The number of ketones is 1. The van der Waals surface area contributed by atoms with E-state index in [1.165, 1.54) is 0 Å². The first-order valence-corrected chi connectivity index (χ1v) is 4.47. The van der Waals surface area contributed by atoms with Gasteiger partial charge in [0.2, 0.25) is 5.78 Å². The van der Waals surface area contributed by atoms with Crippen LogP contribution < -0.4 is 0 Å². The van der Waals surface area contributed by atoms with Crippen molar-refractivity contribution in [2.45, 2.75) is 26.4 Å². The second kappa shape index (κ2) is 4.04. The maximum atomic E-state index is 12.0. The van der Waals surface area contributed by atoms with Gasteiger partial charge in [-0.25, -0.2) is 0 Å². The number of benzene rings is 1. The Morgan fingerprint density at radius 3 is 2.27 bits per heavy atom. The summed E-state index contributed by atoms with van der Waals surface area (Å²) in [5.41, 5.74) is 2.29. The van der Waals surface area contributed by atoms with Crippen LogP contribution in [-0.2, 0) is 11.2 Å². The van der Waals surface area contributed by atoms with Crippen LogP contribution in [0.4, 0.5) is 13.2 Å². The van der Waals surface area contributed by atoms with Crippen molar-refractivity contribution in [1.29, 1.82) is 0 Å². The summed E-state index contributed by atoms with van der Waals surface area (Å²) in [5, 5.41) is 0. The highest BCUT2D eigenvalue weighted by atomic mass is 19.4. The average Bonchev–Trinajstić information content (AvgIpc) is 2.10. The number of rotatable bonds is 2. The molecule has 0 saturated heterocycles. The minimum atomic E-state index is -4.74. The van der Waals surface area contributed by atoms with Gasteiger partial charge in [0.25, 0.3) is 0 Å². The van der Waals surface area contributed by atoms with Crippen LogP contribution in [0, 0.1) is 13.8 Å². The van der Waals surface area contributed by atoms with Crippen molar-refractivity contribution in [1.82, 2.24) is 0 Å². The van der Waals surface area contributed by atoms with E-state index in [2.05, 4.69) is 0 Å². The van der Waals surface area contributed by atoms with Crippen LogP contribution in [-0.4, -0.2) is 12.0 Å². The van der Waals surface area contributed by atoms with Crippen molar-refractivity contribution in [3.63, 3.8) is 0 Å². The first-order valence-electron chi connectivity index (χ1n) is 4.47. The Morgan fingerprint density at radius 2 is 1.80 bits per heavy atom. The minimum absolute atomic E-state index is 0.403. The average molecular weight is 216 g/mol. The van der Waals surface area contributed by atoms with Crippen molar-refractivity contribution in [2.75, 3.05) is 0 Å². The van der Waals surface area contributed by atoms with Crippen molar-refractivity contribution < 1.29 is 18.0 Å². The summed E-state index contributed by atoms with van der Waals surface area (Å²) in [4.78, 5) is 10.7. The van der Waals surface area contributed by atoms with Gasteiger partial charge in [0.05, 0.1) is 0 Å². The molecule has 1 nitrogen and oxygen atoms in total. The van der Waals surface area contributed by atoms with E-state index in [0.717, 1.165) is 11.1 Å². The Labute approximate surface area is 85.9 Å². The van der Waals surface area contributed by atoms with Crippen LogP contribution in [0.2, 0.25) is 0 Å².